The van der Waals surface area contributed by atoms with E-state index in [-0.39, 0.29) is 12.6 Å². The lowest BCUT2D eigenvalue weighted by Gasteiger charge is -2.09. The summed E-state index contributed by atoms with van der Waals surface area (Å²) in [7, 11) is 0. The van der Waals surface area contributed by atoms with Gasteiger partial charge in [-0.05, 0) is 19.4 Å². The van der Waals surface area contributed by atoms with E-state index in [0.717, 1.165) is 11.3 Å². The lowest BCUT2D eigenvalue weighted by atomic mass is 10.1. The molecule has 1 aromatic rings. The number of hydrogen-bond donors (Lipinski definition) is 1. The molecule has 1 aromatic carbocycles. The van der Waals surface area contributed by atoms with Crippen molar-refractivity contribution in [3.63, 3.8) is 0 Å². The van der Waals surface area contributed by atoms with Crippen LogP contribution in [0.1, 0.15) is 25.5 Å². The zero-order chi connectivity index (χ0) is 9.68. The summed E-state index contributed by atoms with van der Waals surface area (Å²) in [4.78, 5) is 4.33. The molecule has 2 heteroatoms. The van der Waals surface area contributed by atoms with Gasteiger partial charge in [0.25, 0.3) is 0 Å². The predicted octanol–water partition coefficient (Wildman–Crippen LogP) is 2.20. The Bertz CT molecular complexity index is 275. The summed E-state index contributed by atoms with van der Waals surface area (Å²) >= 11 is 0. The molecule has 0 saturated carbocycles. The Balaban J connectivity index is 2.85. The summed E-state index contributed by atoms with van der Waals surface area (Å²) in [5.74, 6) is 0. The van der Waals surface area contributed by atoms with Gasteiger partial charge in [0, 0.05) is 5.71 Å². The van der Waals surface area contributed by atoms with Gasteiger partial charge in [-0.3, -0.25) is 4.99 Å². The zero-order valence-corrected chi connectivity index (χ0v) is 8.07. The van der Waals surface area contributed by atoms with Crippen molar-refractivity contribution in [2.45, 2.75) is 19.9 Å². The fourth-order valence-electron chi connectivity index (χ4n) is 1.21. The van der Waals surface area contributed by atoms with Crippen molar-refractivity contribution in [3.8, 4) is 0 Å². The Morgan fingerprint density at radius 3 is 2.38 bits per heavy atom. The van der Waals surface area contributed by atoms with Crippen LogP contribution in [0.5, 0.6) is 0 Å². The van der Waals surface area contributed by atoms with Gasteiger partial charge in [-0.15, -0.1) is 0 Å². The SMILES string of the molecule is CC(C)=N[C@H](CO)c1ccccc1. The zero-order valence-electron chi connectivity index (χ0n) is 8.07. The van der Waals surface area contributed by atoms with Crippen LogP contribution in [0.25, 0.3) is 0 Å². The van der Waals surface area contributed by atoms with Crippen LogP contribution in [0, 0.1) is 0 Å². The molecule has 70 valence electrons. The second-order valence-corrected chi connectivity index (χ2v) is 3.19. The van der Waals surface area contributed by atoms with Crippen LogP contribution in [-0.2, 0) is 0 Å². The highest BCUT2D eigenvalue weighted by atomic mass is 16.3. The van der Waals surface area contributed by atoms with E-state index in [9.17, 15) is 0 Å². The second kappa shape index (κ2) is 4.77. The van der Waals surface area contributed by atoms with Gasteiger partial charge in [-0.2, -0.15) is 0 Å². The van der Waals surface area contributed by atoms with Crippen molar-refractivity contribution >= 4 is 5.71 Å². The molecular weight excluding hydrogens is 162 g/mol. The average molecular weight is 177 g/mol. The molecule has 0 aromatic heterocycles. The first kappa shape index (κ1) is 9.93. The number of rotatable bonds is 3. The molecule has 0 amide bonds. The lowest BCUT2D eigenvalue weighted by molar-refractivity contribution is 0.269. The Labute approximate surface area is 78.9 Å². The first-order valence-electron chi connectivity index (χ1n) is 4.41. The van der Waals surface area contributed by atoms with E-state index in [1.54, 1.807) is 0 Å². The van der Waals surface area contributed by atoms with Crippen LogP contribution in [0.2, 0.25) is 0 Å². The third kappa shape index (κ3) is 2.99. The Morgan fingerprint density at radius 1 is 1.31 bits per heavy atom. The first-order valence-corrected chi connectivity index (χ1v) is 4.41. The van der Waals surface area contributed by atoms with Crippen molar-refractivity contribution < 1.29 is 5.11 Å². The number of nitrogens with zero attached hydrogens (tertiary/aromatic N) is 1. The molecule has 13 heavy (non-hydrogen) atoms. The van der Waals surface area contributed by atoms with Crippen molar-refractivity contribution in [2.75, 3.05) is 6.61 Å². The van der Waals surface area contributed by atoms with Crippen molar-refractivity contribution in [1.29, 1.82) is 0 Å². The van der Waals surface area contributed by atoms with E-state index in [1.165, 1.54) is 0 Å². The molecular formula is C11H15NO. The van der Waals surface area contributed by atoms with Gasteiger partial charge in [-0.1, -0.05) is 30.3 Å². The van der Waals surface area contributed by atoms with Crippen LogP contribution < -0.4 is 0 Å². The normalized spacial score (nSPS) is 12.2. The topological polar surface area (TPSA) is 32.6 Å². The quantitative estimate of drug-likeness (QED) is 0.705. The van der Waals surface area contributed by atoms with Gasteiger partial charge < -0.3 is 5.11 Å². The van der Waals surface area contributed by atoms with Gasteiger partial charge in [0.05, 0.1) is 12.6 Å². The molecule has 0 bridgehead atoms. The summed E-state index contributed by atoms with van der Waals surface area (Å²) in [6.07, 6.45) is 0. The largest absolute Gasteiger partial charge is 0.394 e. The molecule has 0 heterocycles. The molecule has 0 spiro atoms. The molecule has 0 unspecified atom stereocenters. The van der Waals surface area contributed by atoms with Gasteiger partial charge >= 0.3 is 0 Å². The van der Waals surface area contributed by atoms with Crippen molar-refractivity contribution in [2.24, 2.45) is 4.99 Å². The summed E-state index contributed by atoms with van der Waals surface area (Å²) in [5.41, 5.74) is 2.05. The molecule has 1 rings (SSSR count). The van der Waals surface area contributed by atoms with Gasteiger partial charge in [0.2, 0.25) is 0 Å². The van der Waals surface area contributed by atoms with E-state index in [1.807, 2.05) is 44.2 Å². The maximum Gasteiger partial charge on any atom is 0.0978 e. The minimum absolute atomic E-state index is 0.0647. The third-order valence-electron chi connectivity index (χ3n) is 1.77. The van der Waals surface area contributed by atoms with Crippen LogP contribution in [-0.4, -0.2) is 17.4 Å². The Hall–Kier alpha value is -1.15. The number of benzene rings is 1. The van der Waals surface area contributed by atoms with Crippen LogP contribution >= 0.6 is 0 Å². The first-order chi connectivity index (χ1) is 6.24. The summed E-state index contributed by atoms with van der Waals surface area (Å²) in [6, 6.07) is 9.73. The van der Waals surface area contributed by atoms with E-state index >= 15 is 0 Å². The highest BCUT2D eigenvalue weighted by Gasteiger charge is 2.06. The highest BCUT2D eigenvalue weighted by Crippen LogP contribution is 2.16. The third-order valence-corrected chi connectivity index (χ3v) is 1.77. The number of aliphatic hydroxyl groups is 1. The highest BCUT2D eigenvalue weighted by molar-refractivity contribution is 5.79. The average Bonchev–Trinajstić information content (AvgIpc) is 2.15. The number of aliphatic imine (C=N–C) groups is 1. The minimum atomic E-state index is -0.105. The molecule has 0 aliphatic carbocycles. The maximum absolute atomic E-state index is 9.12. The van der Waals surface area contributed by atoms with E-state index < -0.39 is 0 Å². The fraction of sp³-hybridized carbons (Fsp3) is 0.364. The maximum atomic E-state index is 9.12. The summed E-state index contributed by atoms with van der Waals surface area (Å²) < 4.78 is 0. The molecule has 2 nitrogen and oxygen atoms in total. The minimum Gasteiger partial charge on any atom is -0.394 e. The Morgan fingerprint density at radius 2 is 1.92 bits per heavy atom. The molecule has 0 aliphatic heterocycles. The summed E-state index contributed by atoms with van der Waals surface area (Å²) in [6.45, 7) is 3.94. The standard InChI is InChI=1S/C11H15NO/c1-9(2)12-11(8-13)10-6-4-3-5-7-10/h3-7,11,13H,8H2,1-2H3/t11-/m1/s1. The molecule has 0 radical (unpaired) electrons. The molecule has 1 N–H and O–H groups in total. The number of aliphatic hydroxyl groups excluding tert-OH is 1. The molecule has 1 atom stereocenters. The van der Waals surface area contributed by atoms with E-state index in [2.05, 4.69) is 4.99 Å². The van der Waals surface area contributed by atoms with E-state index in [0.29, 0.717) is 0 Å². The van der Waals surface area contributed by atoms with Crippen LogP contribution in [0.3, 0.4) is 0 Å². The molecule has 0 fully saturated rings. The predicted molar refractivity (Wildman–Crippen MR) is 55.1 cm³/mol. The van der Waals surface area contributed by atoms with Crippen LogP contribution in [0.15, 0.2) is 35.3 Å². The van der Waals surface area contributed by atoms with Gasteiger partial charge in [0.1, 0.15) is 0 Å². The Kier molecular flexibility index (Phi) is 3.65. The second-order valence-electron chi connectivity index (χ2n) is 3.19. The van der Waals surface area contributed by atoms with Crippen LogP contribution in [0.4, 0.5) is 0 Å². The van der Waals surface area contributed by atoms with Gasteiger partial charge in [0.15, 0.2) is 0 Å². The van der Waals surface area contributed by atoms with Crippen molar-refractivity contribution in [1.82, 2.24) is 0 Å². The lowest BCUT2D eigenvalue weighted by Crippen LogP contribution is -2.02. The monoisotopic (exact) mass is 177 g/mol. The number of hydrogen-bond acceptors (Lipinski definition) is 2. The molecule has 0 saturated heterocycles. The molecule has 0 aliphatic rings. The van der Waals surface area contributed by atoms with Gasteiger partial charge in [-0.25, -0.2) is 0 Å². The van der Waals surface area contributed by atoms with Crippen molar-refractivity contribution in [3.05, 3.63) is 35.9 Å². The summed E-state index contributed by atoms with van der Waals surface area (Å²) in [5, 5.41) is 9.12. The smallest absolute Gasteiger partial charge is 0.0978 e. The van der Waals surface area contributed by atoms with E-state index in [4.69, 9.17) is 5.11 Å². The fourth-order valence-corrected chi connectivity index (χ4v) is 1.21.